The number of halogens is 1. The van der Waals surface area contributed by atoms with Gasteiger partial charge < -0.3 is 15.8 Å². The second-order valence-electron chi connectivity index (χ2n) is 6.19. The molecule has 1 aromatic carbocycles. The number of nitrogens with two attached hydrogens (primary N) is 1. The molecular weight excluding hydrogens is 429 g/mol. The molecule has 1 unspecified atom stereocenters. The quantitative estimate of drug-likeness (QED) is 0.413. The minimum Gasteiger partial charge on any atom is -0.376 e. The van der Waals surface area contributed by atoms with E-state index in [1.807, 2.05) is 23.7 Å². The fourth-order valence-electron chi connectivity index (χ4n) is 2.97. The van der Waals surface area contributed by atoms with Crippen LogP contribution in [0.2, 0.25) is 0 Å². The number of rotatable bonds is 5. The molecule has 1 atom stereocenters. The SMILES string of the molecule is Cc1cc(C)n(-c2ccccc2CN=C(N)NCC2CCCO2)n1.I. The molecule has 1 aliphatic heterocycles. The van der Waals surface area contributed by atoms with Crippen LogP contribution in [0.4, 0.5) is 0 Å². The number of ether oxygens (including phenoxy) is 1. The molecule has 1 aliphatic rings. The van der Waals surface area contributed by atoms with Gasteiger partial charge in [0.1, 0.15) is 0 Å². The molecule has 2 heterocycles. The lowest BCUT2D eigenvalue weighted by atomic mass is 10.2. The summed E-state index contributed by atoms with van der Waals surface area (Å²) in [7, 11) is 0. The summed E-state index contributed by atoms with van der Waals surface area (Å²) in [6.45, 7) is 6.13. The van der Waals surface area contributed by atoms with Crippen molar-refractivity contribution in [3.63, 3.8) is 0 Å². The van der Waals surface area contributed by atoms with Crippen molar-refractivity contribution in [1.29, 1.82) is 0 Å². The molecule has 0 radical (unpaired) electrons. The van der Waals surface area contributed by atoms with Crippen LogP contribution in [0.15, 0.2) is 35.3 Å². The summed E-state index contributed by atoms with van der Waals surface area (Å²) in [4.78, 5) is 4.46. The summed E-state index contributed by atoms with van der Waals surface area (Å²) >= 11 is 0. The number of hydrogen-bond donors (Lipinski definition) is 2. The number of aliphatic imine (C=N–C) groups is 1. The lowest BCUT2D eigenvalue weighted by molar-refractivity contribution is 0.114. The number of guanidine groups is 1. The summed E-state index contributed by atoms with van der Waals surface area (Å²) in [5.41, 5.74) is 10.2. The molecule has 0 saturated carbocycles. The average molecular weight is 455 g/mol. The van der Waals surface area contributed by atoms with Gasteiger partial charge in [0.15, 0.2) is 5.96 Å². The smallest absolute Gasteiger partial charge is 0.189 e. The van der Waals surface area contributed by atoms with Gasteiger partial charge in [-0.05, 0) is 44.4 Å². The third-order valence-corrected chi connectivity index (χ3v) is 4.18. The van der Waals surface area contributed by atoms with Gasteiger partial charge in [0.25, 0.3) is 0 Å². The van der Waals surface area contributed by atoms with E-state index in [2.05, 4.69) is 40.5 Å². The predicted octanol–water partition coefficient (Wildman–Crippen LogP) is 2.69. The van der Waals surface area contributed by atoms with Crippen LogP contribution >= 0.6 is 24.0 Å². The number of hydrogen-bond acceptors (Lipinski definition) is 3. The summed E-state index contributed by atoms with van der Waals surface area (Å²) < 4.78 is 7.53. The van der Waals surface area contributed by atoms with Gasteiger partial charge in [-0.15, -0.1) is 24.0 Å². The highest BCUT2D eigenvalue weighted by Gasteiger charge is 2.15. The van der Waals surface area contributed by atoms with E-state index < -0.39 is 0 Å². The lowest BCUT2D eigenvalue weighted by Gasteiger charge is -2.12. The van der Waals surface area contributed by atoms with Gasteiger partial charge in [0, 0.05) is 18.8 Å². The monoisotopic (exact) mass is 455 g/mol. The molecule has 0 aliphatic carbocycles. The van der Waals surface area contributed by atoms with Gasteiger partial charge in [-0.25, -0.2) is 9.67 Å². The van der Waals surface area contributed by atoms with Gasteiger partial charge in [-0.3, -0.25) is 0 Å². The Morgan fingerprint density at radius 2 is 2.20 bits per heavy atom. The maximum Gasteiger partial charge on any atom is 0.189 e. The Labute approximate surface area is 165 Å². The van der Waals surface area contributed by atoms with Crippen LogP contribution in [-0.2, 0) is 11.3 Å². The molecule has 136 valence electrons. The largest absolute Gasteiger partial charge is 0.376 e. The van der Waals surface area contributed by atoms with E-state index in [1.165, 1.54) is 0 Å². The Morgan fingerprint density at radius 1 is 1.40 bits per heavy atom. The summed E-state index contributed by atoms with van der Waals surface area (Å²) in [5, 5.41) is 7.71. The lowest BCUT2D eigenvalue weighted by Crippen LogP contribution is -2.37. The van der Waals surface area contributed by atoms with Gasteiger partial charge in [0.05, 0.1) is 24.0 Å². The number of benzene rings is 1. The van der Waals surface area contributed by atoms with Crippen LogP contribution < -0.4 is 11.1 Å². The number of aryl methyl sites for hydroxylation is 2. The molecule has 1 aromatic heterocycles. The van der Waals surface area contributed by atoms with Crippen LogP contribution in [0.25, 0.3) is 5.69 Å². The van der Waals surface area contributed by atoms with Crippen molar-refractivity contribution in [1.82, 2.24) is 15.1 Å². The highest BCUT2D eigenvalue weighted by Crippen LogP contribution is 2.17. The zero-order valence-electron chi connectivity index (χ0n) is 14.7. The summed E-state index contributed by atoms with van der Waals surface area (Å²) in [5.74, 6) is 0.452. The molecule has 0 amide bonds. The fraction of sp³-hybridized carbons (Fsp3) is 0.444. The van der Waals surface area contributed by atoms with Gasteiger partial charge in [-0.1, -0.05) is 18.2 Å². The molecule has 0 bridgehead atoms. The summed E-state index contributed by atoms with van der Waals surface area (Å²) in [6.07, 6.45) is 2.46. The zero-order chi connectivity index (χ0) is 16.9. The van der Waals surface area contributed by atoms with Gasteiger partial charge in [0.2, 0.25) is 0 Å². The Kier molecular flexibility index (Phi) is 7.24. The minimum absolute atomic E-state index is 0. The standard InChI is InChI=1S/C18H25N5O.HI/c1-13-10-14(2)23(22-13)17-8-4-3-6-15(17)11-20-18(19)21-12-16-7-5-9-24-16;/h3-4,6,8,10,16H,5,7,9,11-12H2,1-2H3,(H3,19,20,21);1H. The zero-order valence-corrected chi connectivity index (χ0v) is 17.1. The number of para-hydroxylation sites is 1. The maximum atomic E-state index is 5.98. The first-order chi connectivity index (χ1) is 11.6. The molecule has 7 heteroatoms. The molecule has 3 N–H and O–H groups in total. The third kappa shape index (κ3) is 5.18. The fourth-order valence-corrected chi connectivity index (χ4v) is 2.97. The first-order valence-corrected chi connectivity index (χ1v) is 8.40. The van der Waals surface area contributed by atoms with Crippen LogP contribution in [-0.4, -0.2) is 35.0 Å². The summed E-state index contributed by atoms with van der Waals surface area (Å²) in [6, 6.07) is 10.2. The molecular formula is C18H26IN5O. The van der Waals surface area contributed by atoms with Crippen LogP contribution in [0.5, 0.6) is 0 Å². The van der Waals surface area contributed by atoms with Crippen molar-refractivity contribution < 1.29 is 4.74 Å². The normalized spacial score (nSPS) is 17.4. The van der Waals surface area contributed by atoms with E-state index in [9.17, 15) is 0 Å². The van der Waals surface area contributed by atoms with E-state index >= 15 is 0 Å². The Bertz CT molecular complexity index is 722. The first-order valence-electron chi connectivity index (χ1n) is 8.40. The molecule has 1 saturated heterocycles. The number of aromatic nitrogens is 2. The Morgan fingerprint density at radius 3 is 2.88 bits per heavy atom. The van der Waals surface area contributed by atoms with E-state index in [0.29, 0.717) is 19.0 Å². The van der Waals surface area contributed by atoms with Gasteiger partial charge >= 0.3 is 0 Å². The van der Waals surface area contributed by atoms with Gasteiger partial charge in [-0.2, -0.15) is 5.10 Å². The Hall–Kier alpha value is -1.61. The predicted molar refractivity (Wildman–Crippen MR) is 111 cm³/mol. The van der Waals surface area contributed by atoms with Crippen molar-refractivity contribution in [3.05, 3.63) is 47.3 Å². The number of nitrogens with one attached hydrogen (secondary N) is 1. The highest BCUT2D eigenvalue weighted by atomic mass is 127. The van der Waals surface area contributed by atoms with Crippen molar-refractivity contribution in [2.45, 2.75) is 39.3 Å². The number of nitrogens with zero attached hydrogens (tertiary/aromatic N) is 3. The van der Waals surface area contributed by atoms with E-state index in [4.69, 9.17) is 10.5 Å². The van der Waals surface area contributed by atoms with Crippen molar-refractivity contribution in [3.8, 4) is 5.69 Å². The van der Waals surface area contributed by atoms with E-state index in [-0.39, 0.29) is 30.1 Å². The first kappa shape index (κ1) is 19.7. The second kappa shape index (κ2) is 9.19. The maximum absolute atomic E-state index is 5.98. The molecule has 25 heavy (non-hydrogen) atoms. The molecule has 2 aromatic rings. The minimum atomic E-state index is 0. The molecule has 0 spiro atoms. The van der Waals surface area contributed by atoms with Crippen LogP contribution in [0.1, 0.15) is 29.8 Å². The Balaban J connectivity index is 0.00000225. The molecule has 1 fully saturated rings. The molecule has 6 nitrogen and oxygen atoms in total. The van der Waals surface area contributed by atoms with Crippen LogP contribution in [0, 0.1) is 13.8 Å². The van der Waals surface area contributed by atoms with E-state index in [1.54, 1.807) is 0 Å². The molecule has 3 rings (SSSR count). The second-order valence-corrected chi connectivity index (χ2v) is 6.19. The average Bonchev–Trinajstić information content (AvgIpc) is 3.20. The van der Waals surface area contributed by atoms with Crippen molar-refractivity contribution >= 4 is 29.9 Å². The van der Waals surface area contributed by atoms with Crippen molar-refractivity contribution in [2.24, 2.45) is 10.7 Å². The van der Waals surface area contributed by atoms with Crippen LogP contribution in [0.3, 0.4) is 0 Å². The van der Waals surface area contributed by atoms with E-state index in [0.717, 1.165) is 42.1 Å². The van der Waals surface area contributed by atoms with Crippen molar-refractivity contribution in [2.75, 3.05) is 13.2 Å². The third-order valence-electron chi connectivity index (χ3n) is 4.18. The highest BCUT2D eigenvalue weighted by molar-refractivity contribution is 14.0. The topological polar surface area (TPSA) is 77.5 Å².